The van der Waals surface area contributed by atoms with Crippen LogP contribution < -0.4 is 5.32 Å². The van der Waals surface area contributed by atoms with Gasteiger partial charge in [-0.3, -0.25) is 5.32 Å². The minimum absolute atomic E-state index is 0.0621. The fourth-order valence-corrected chi connectivity index (χ4v) is 2.67. The van der Waals surface area contributed by atoms with E-state index < -0.39 is 23.4 Å². The number of halogens is 5. The lowest BCUT2D eigenvalue weighted by atomic mass is 10.2. The number of benzene rings is 1. The summed E-state index contributed by atoms with van der Waals surface area (Å²) >= 11 is 11.9. The van der Waals surface area contributed by atoms with Crippen LogP contribution in [0, 0.1) is 11.3 Å². The lowest BCUT2D eigenvalue weighted by Gasteiger charge is -2.19. The number of nitrogens with one attached hydrogen (secondary N) is 1. The molecule has 2 rings (SSSR count). The molecular formula is C16H13Cl2F3N4O2. The van der Waals surface area contributed by atoms with Gasteiger partial charge in [0.15, 0.2) is 5.82 Å². The number of amides is 1. The summed E-state index contributed by atoms with van der Waals surface area (Å²) in [7, 11) is 0. The summed E-state index contributed by atoms with van der Waals surface area (Å²) in [6, 6.07) is 3.19. The lowest BCUT2D eigenvalue weighted by molar-refractivity contribution is -0.137. The van der Waals surface area contributed by atoms with Crippen molar-refractivity contribution in [1.29, 1.82) is 5.26 Å². The molecule has 27 heavy (non-hydrogen) atoms. The Hall–Kier alpha value is -2.44. The zero-order chi connectivity index (χ0) is 20.6. The molecule has 0 aliphatic rings. The highest BCUT2D eigenvalue weighted by atomic mass is 35.5. The predicted molar refractivity (Wildman–Crippen MR) is 93.2 cm³/mol. The molecule has 0 atom stereocenters. The molecule has 1 heterocycles. The van der Waals surface area contributed by atoms with E-state index in [2.05, 4.69) is 10.4 Å². The number of nitriles is 1. The lowest BCUT2D eigenvalue weighted by Crippen LogP contribution is -2.27. The molecule has 0 unspecified atom stereocenters. The Morgan fingerprint density at radius 3 is 2.26 bits per heavy atom. The van der Waals surface area contributed by atoms with Crippen LogP contribution in [0.5, 0.6) is 0 Å². The van der Waals surface area contributed by atoms with E-state index in [0.29, 0.717) is 12.1 Å². The zero-order valence-corrected chi connectivity index (χ0v) is 15.8. The zero-order valence-electron chi connectivity index (χ0n) is 14.3. The van der Waals surface area contributed by atoms with Gasteiger partial charge in [-0.15, -0.1) is 5.10 Å². The average molecular weight is 421 g/mol. The Kier molecular flexibility index (Phi) is 5.63. The van der Waals surface area contributed by atoms with Gasteiger partial charge in [0.2, 0.25) is 0 Å². The largest absolute Gasteiger partial charge is 0.444 e. The highest BCUT2D eigenvalue weighted by Crippen LogP contribution is 2.37. The molecule has 0 radical (unpaired) electrons. The number of carbonyl (C=O) groups excluding carboxylic acids is 1. The molecule has 11 heteroatoms. The van der Waals surface area contributed by atoms with Crippen LogP contribution in [0.1, 0.15) is 31.9 Å². The van der Waals surface area contributed by atoms with Crippen molar-refractivity contribution in [1.82, 2.24) is 9.78 Å². The van der Waals surface area contributed by atoms with Crippen molar-refractivity contribution in [3.63, 3.8) is 0 Å². The first-order chi connectivity index (χ1) is 12.3. The van der Waals surface area contributed by atoms with Crippen LogP contribution in [0.25, 0.3) is 5.69 Å². The maximum atomic E-state index is 12.8. The number of ether oxygens (including phenoxy) is 1. The maximum Gasteiger partial charge on any atom is 0.416 e. The summed E-state index contributed by atoms with van der Waals surface area (Å²) < 4.78 is 44.6. The summed E-state index contributed by atoms with van der Waals surface area (Å²) in [6.45, 7) is 4.95. The van der Waals surface area contributed by atoms with Crippen molar-refractivity contribution in [3.05, 3.63) is 39.5 Å². The average Bonchev–Trinajstić information content (AvgIpc) is 2.85. The highest BCUT2D eigenvalue weighted by molar-refractivity contribution is 6.37. The first kappa shape index (κ1) is 20.9. The molecule has 1 N–H and O–H groups in total. The van der Waals surface area contributed by atoms with Crippen LogP contribution in [-0.4, -0.2) is 21.5 Å². The molecule has 2 aromatic rings. The molecule has 1 aromatic carbocycles. The predicted octanol–water partition coefficient (Wildman–Crippen LogP) is 5.42. The number of carbonyl (C=O) groups is 1. The van der Waals surface area contributed by atoms with E-state index in [-0.39, 0.29) is 27.1 Å². The van der Waals surface area contributed by atoms with E-state index >= 15 is 0 Å². The van der Waals surface area contributed by atoms with E-state index in [0.717, 1.165) is 4.68 Å². The van der Waals surface area contributed by atoms with Crippen LogP contribution >= 0.6 is 23.2 Å². The SMILES string of the molecule is CC(C)(C)OC(=O)Nc1nn(-c2c(Cl)cc(C(F)(F)F)cc2Cl)cc1C#N. The van der Waals surface area contributed by atoms with Gasteiger partial charge in [0, 0.05) is 0 Å². The second-order valence-electron chi connectivity index (χ2n) is 6.36. The first-order valence-electron chi connectivity index (χ1n) is 7.38. The standard InChI is InChI=1S/C16H13Cl2F3N4O2/c1-15(2,3)27-14(26)23-13-8(6-22)7-25(24-13)12-10(17)4-9(5-11(12)18)16(19,20)21/h4-5,7H,1-3H3,(H,23,24,26). The number of rotatable bonds is 2. The Labute approximate surface area is 162 Å². The van der Waals surface area contributed by atoms with Gasteiger partial charge >= 0.3 is 12.3 Å². The molecule has 0 saturated carbocycles. The van der Waals surface area contributed by atoms with Crippen LogP contribution in [0.2, 0.25) is 10.0 Å². The van der Waals surface area contributed by atoms with Gasteiger partial charge in [0.1, 0.15) is 22.9 Å². The molecule has 6 nitrogen and oxygen atoms in total. The first-order valence-corrected chi connectivity index (χ1v) is 8.14. The second kappa shape index (κ2) is 7.29. The second-order valence-corrected chi connectivity index (χ2v) is 7.18. The fourth-order valence-electron chi connectivity index (χ4n) is 2.01. The highest BCUT2D eigenvalue weighted by Gasteiger charge is 2.32. The van der Waals surface area contributed by atoms with Crippen molar-refractivity contribution in [2.75, 3.05) is 5.32 Å². The van der Waals surface area contributed by atoms with Crippen LogP contribution in [0.15, 0.2) is 18.3 Å². The van der Waals surface area contributed by atoms with Crippen molar-refractivity contribution < 1.29 is 22.7 Å². The van der Waals surface area contributed by atoms with Gasteiger partial charge in [-0.1, -0.05) is 23.2 Å². The maximum absolute atomic E-state index is 12.8. The van der Waals surface area contributed by atoms with E-state index in [1.54, 1.807) is 20.8 Å². The van der Waals surface area contributed by atoms with E-state index in [1.807, 2.05) is 6.07 Å². The smallest absolute Gasteiger partial charge is 0.416 e. The van der Waals surface area contributed by atoms with Gasteiger partial charge in [-0.2, -0.15) is 18.4 Å². The monoisotopic (exact) mass is 420 g/mol. The third-order valence-corrected chi connectivity index (χ3v) is 3.60. The van der Waals surface area contributed by atoms with Crippen LogP contribution in [-0.2, 0) is 10.9 Å². The Bertz CT molecular complexity index is 904. The summed E-state index contributed by atoms with van der Waals surface area (Å²) in [5.41, 5.74) is -1.94. The summed E-state index contributed by atoms with van der Waals surface area (Å²) in [4.78, 5) is 11.9. The number of hydrogen-bond acceptors (Lipinski definition) is 4. The van der Waals surface area contributed by atoms with Crippen LogP contribution in [0.4, 0.5) is 23.8 Å². The molecular weight excluding hydrogens is 408 g/mol. The molecule has 0 saturated heterocycles. The summed E-state index contributed by atoms with van der Waals surface area (Å²) in [6.07, 6.45) is -4.31. The molecule has 0 aliphatic heterocycles. The van der Waals surface area contributed by atoms with Crippen molar-refractivity contribution in [2.24, 2.45) is 0 Å². The topological polar surface area (TPSA) is 79.9 Å². The Morgan fingerprint density at radius 2 is 1.81 bits per heavy atom. The van der Waals surface area contributed by atoms with Gasteiger partial charge in [0.25, 0.3) is 0 Å². The third-order valence-electron chi connectivity index (χ3n) is 3.03. The number of nitrogens with zero attached hydrogens (tertiary/aromatic N) is 3. The van der Waals surface area contributed by atoms with Gasteiger partial charge in [-0.05, 0) is 32.9 Å². The molecule has 1 amide bonds. The van der Waals surface area contributed by atoms with Gasteiger partial charge < -0.3 is 4.74 Å². The molecule has 0 spiro atoms. The number of alkyl halides is 3. The molecule has 1 aromatic heterocycles. The number of aromatic nitrogens is 2. The van der Waals surface area contributed by atoms with E-state index in [9.17, 15) is 23.2 Å². The molecule has 0 fully saturated rings. The van der Waals surface area contributed by atoms with Crippen molar-refractivity contribution >= 4 is 35.1 Å². The number of hydrogen-bond donors (Lipinski definition) is 1. The van der Waals surface area contributed by atoms with Gasteiger partial charge in [-0.25, -0.2) is 9.48 Å². The van der Waals surface area contributed by atoms with Crippen molar-refractivity contribution in [3.8, 4) is 11.8 Å². The normalized spacial score (nSPS) is 11.8. The van der Waals surface area contributed by atoms with Gasteiger partial charge in [0.05, 0.1) is 21.8 Å². The van der Waals surface area contributed by atoms with Crippen LogP contribution in [0.3, 0.4) is 0 Å². The summed E-state index contributed by atoms with van der Waals surface area (Å²) in [5.74, 6) is -0.154. The third kappa shape index (κ3) is 5.05. The van der Waals surface area contributed by atoms with E-state index in [4.69, 9.17) is 27.9 Å². The fraction of sp³-hybridized carbons (Fsp3) is 0.312. The molecule has 0 aliphatic carbocycles. The minimum Gasteiger partial charge on any atom is -0.444 e. The Balaban J connectivity index is 2.43. The Morgan fingerprint density at radius 1 is 1.26 bits per heavy atom. The quantitative estimate of drug-likeness (QED) is 0.703. The molecule has 144 valence electrons. The van der Waals surface area contributed by atoms with Crippen molar-refractivity contribution in [2.45, 2.75) is 32.5 Å². The molecule has 0 bridgehead atoms. The number of anilines is 1. The van der Waals surface area contributed by atoms with E-state index in [1.165, 1.54) is 6.20 Å². The minimum atomic E-state index is -4.63. The summed E-state index contributed by atoms with van der Waals surface area (Å²) in [5, 5.41) is 14.8.